The summed E-state index contributed by atoms with van der Waals surface area (Å²) in [6.07, 6.45) is 3.83. The molecule has 0 bridgehead atoms. The highest BCUT2D eigenvalue weighted by atomic mass is 35.5. The van der Waals surface area contributed by atoms with E-state index < -0.39 is 0 Å². The van der Waals surface area contributed by atoms with Gasteiger partial charge in [0.25, 0.3) is 11.8 Å². The molecule has 0 saturated carbocycles. The zero-order chi connectivity index (χ0) is 22.9. The van der Waals surface area contributed by atoms with E-state index in [0.29, 0.717) is 21.3 Å². The van der Waals surface area contributed by atoms with E-state index >= 15 is 0 Å². The number of carbonyl (C=O) groups is 2. The van der Waals surface area contributed by atoms with Gasteiger partial charge in [0.2, 0.25) is 0 Å². The SMILES string of the molecule is O=C(NN1C(=O)/C(=C\c2cn(Cc3ccccc3Cl)c3ccccc23)SC1=S)c1cccs1. The number of carbonyl (C=O) groups excluding carboxylic acids is 2. The lowest BCUT2D eigenvalue weighted by molar-refractivity contribution is -0.123. The summed E-state index contributed by atoms with van der Waals surface area (Å²) in [5.74, 6) is -0.711. The van der Waals surface area contributed by atoms with Gasteiger partial charge >= 0.3 is 0 Å². The Kier molecular flexibility index (Phi) is 6.07. The molecule has 0 radical (unpaired) electrons. The minimum Gasteiger partial charge on any atom is -0.342 e. The van der Waals surface area contributed by atoms with Crippen LogP contribution in [0.25, 0.3) is 17.0 Å². The van der Waals surface area contributed by atoms with Crippen LogP contribution >= 0.6 is 46.9 Å². The molecule has 1 aliphatic rings. The predicted molar refractivity (Wildman–Crippen MR) is 139 cm³/mol. The van der Waals surface area contributed by atoms with Crippen LogP contribution in [-0.4, -0.2) is 25.7 Å². The molecule has 0 spiro atoms. The number of thiocarbonyl (C=S) groups is 1. The van der Waals surface area contributed by atoms with Crippen LogP contribution in [0.4, 0.5) is 0 Å². The fourth-order valence-corrected chi connectivity index (χ4v) is 5.58. The minimum atomic E-state index is -0.362. The fourth-order valence-electron chi connectivity index (χ4n) is 3.60. The molecule has 0 aliphatic carbocycles. The normalized spacial score (nSPS) is 15.1. The van der Waals surface area contributed by atoms with Crippen LogP contribution in [0, 0.1) is 0 Å². The first-order chi connectivity index (χ1) is 16.0. The van der Waals surface area contributed by atoms with Crippen molar-refractivity contribution in [3.05, 3.63) is 98.2 Å². The number of thioether (sulfide) groups is 1. The average Bonchev–Trinajstić information content (AvgIpc) is 3.52. The molecular formula is C24H16ClN3O2S3. The maximum Gasteiger partial charge on any atom is 0.285 e. The van der Waals surface area contributed by atoms with Gasteiger partial charge in [-0.3, -0.25) is 15.0 Å². The van der Waals surface area contributed by atoms with Gasteiger partial charge in [0.05, 0.1) is 9.78 Å². The monoisotopic (exact) mass is 509 g/mol. The van der Waals surface area contributed by atoms with E-state index in [1.165, 1.54) is 23.1 Å². The molecule has 2 amide bonds. The van der Waals surface area contributed by atoms with Gasteiger partial charge in [0.15, 0.2) is 4.32 Å². The lowest BCUT2D eigenvalue weighted by Gasteiger charge is -2.14. The number of hydrazine groups is 1. The Bertz CT molecular complexity index is 1430. The molecule has 0 atom stereocenters. The van der Waals surface area contributed by atoms with Gasteiger partial charge in [-0.25, -0.2) is 0 Å². The lowest BCUT2D eigenvalue weighted by Crippen LogP contribution is -2.44. The van der Waals surface area contributed by atoms with Gasteiger partial charge in [-0.05, 0) is 47.4 Å². The number of aromatic nitrogens is 1. The molecular weight excluding hydrogens is 494 g/mol. The second-order valence-electron chi connectivity index (χ2n) is 7.26. The number of rotatable bonds is 5. The van der Waals surface area contributed by atoms with Crippen molar-refractivity contribution >= 4 is 80.0 Å². The van der Waals surface area contributed by atoms with Crippen molar-refractivity contribution in [3.63, 3.8) is 0 Å². The van der Waals surface area contributed by atoms with Gasteiger partial charge < -0.3 is 4.57 Å². The number of nitrogens with one attached hydrogen (secondary N) is 1. The third-order valence-electron chi connectivity index (χ3n) is 5.16. The second kappa shape index (κ2) is 9.15. The summed E-state index contributed by atoms with van der Waals surface area (Å²) in [6.45, 7) is 0.603. The Hall–Kier alpha value is -2.91. The van der Waals surface area contributed by atoms with Gasteiger partial charge in [0.1, 0.15) is 0 Å². The Balaban J connectivity index is 1.45. The lowest BCUT2D eigenvalue weighted by atomic mass is 10.1. The van der Waals surface area contributed by atoms with Crippen LogP contribution in [0.5, 0.6) is 0 Å². The molecule has 1 aliphatic heterocycles. The highest BCUT2D eigenvalue weighted by Gasteiger charge is 2.34. The Morgan fingerprint density at radius 1 is 1.09 bits per heavy atom. The molecule has 1 saturated heterocycles. The van der Waals surface area contributed by atoms with Crippen LogP contribution in [-0.2, 0) is 11.3 Å². The van der Waals surface area contributed by atoms with Crippen LogP contribution in [0.3, 0.4) is 0 Å². The summed E-state index contributed by atoms with van der Waals surface area (Å²) in [5, 5.41) is 4.66. The molecule has 5 nitrogen and oxygen atoms in total. The number of halogens is 1. The number of hydrogen-bond acceptors (Lipinski definition) is 5. The van der Waals surface area contributed by atoms with E-state index in [2.05, 4.69) is 9.99 Å². The fraction of sp³-hybridized carbons (Fsp3) is 0.0417. The standard InChI is InChI=1S/C24H16ClN3O2S3/c25-18-8-3-1-6-15(18)13-27-14-16(17-7-2-4-9-19(17)27)12-21-23(30)28(24(31)33-21)26-22(29)20-10-5-11-32-20/h1-12,14H,13H2,(H,26,29)/b21-12+. The van der Waals surface area contributed by atoms with Crippen LogP contribution in [0.2, 0.25) is 5.02 Å². The van der Waals surface area contributed by atoms with Crippen molar-refractivity contribution in [2.75, 3.05) is 0 Å². The van der Waals surface area contributed by atoms with Gasteiger partial charge in [-0.2, -0.15) is 5.01 Å². The summed E-state index contributed by atoms with van der Waals surface area (Å²) in [6, 6.07) is 19.2. The number of nitrogens with zero attached hydrogens (tertiary/aromatic N) is 2. The zero-order valence-electron chi connectivity index (χ0n) is 17.0. The first kappa shape index (κ1) is 21.9. The van der Waals surface area contributed by atoms with Gasteiger partial charge in [-0.15, -0.1) is 11.3 Å². The number of hydrogen-bond donors (Lipinski definition) is 1. The first-order valence-corrected chi connectivity index (χ1v) is 12.4. The van der Waals surface area contributed by atoms with E-state index in [1.54, 1.807) is 17.5 Å². The molecule has 1 N–H and O–H groups in total. The number of amides is 2. The first-order valence-electron chi connectivity index (χ1n) is 9.95. The van der Waals surface area contributed by atoms with Crippen LogP contribution < -0.4 is 5.43 Å². The maximum atomic E-state index is 13.0. The van der Waals surface area contributed by atoms with Crippen molar-refractivity contribution < 1.29 is 9.59 Å². The summed E-state index contributed by atoms with van der Waals surface area (Å²) in [5.41, 5.74) is 5.54. The Morgan fingerprint density at radius 3 is 2.67 bits per heavy atom. The van der Waals surface area contributed by atoms with Crippen molar-refractivity contribution in [2.24, 2.45) is 0 Å². The van der Waals surface area contributed by atoms with Crippen molar-refractivity contribution in [3.8, 4) is 0 Å². The van der Waals surface area contributed by atoms with E-state index in [0.717, 1.165) is 27.0 Å². The van der Waals surface area contributed by atoms with E-state index in [1.807, 2.05) is 60.8 Å². The second-order valence-corrected chi connectivity index (χ2v) is 10.3. The van der Waals surface area contributed by atoms with E-state index in [-0.39, 0.29) is 16.1 Å². The number of fused-ring (bicyclic) bond motifs is 1. The predicted octanol–water partition coefficient (Wildman–Crippen LogP) is 5.95. The van der Waals surface area contributed by atoms with Crippen molar-refractivity contribution in [2.45, 2.75) is 6.54 Å². The molecule has 33 heavy (non-hydrogen) atoms. The molecule has 1 fully saturated rings. The van der Waals surface area contributed by atoms with Crippen LogP contribution in [0.1, 0.15) is 20.8 Å². The number of benzene rings is 2. The van der Waals surface area contributed by atoms with Crippen molar-refractivity contribution in [1.82, 2.24) is 15.0 Å². The molecule has 3 heterocycles. The quantitative estimate of drug-likeness (QED) is 0.267. The summed E-state index contributed by atoms with van der Waals surface area (Å²) >= 11 is 14.2. The Morgan fingerprint density at radius 2 is 1.88 bits per heavy atom. The molecule has 5 rings (SSSR count). The largest absolute Gasteiger partial charge is 0.342 e. The van der Waals surface area contributed by atoms with Crippen molar-refractivity contribution in [1.29, 1.82) is 0 Å². The molecule has 2 aromatic carbocycles. The van der Waals surface area contributed by atoms with Gasteiger partial charge in [0, 0.05) is 34.2 Å². The topological polar surface area (TPSA) is 54.3 Å². The smallest absolute Gasteiger partial charge is 0.285 e. The van der Waals surface area contributed by atoms with Crippen LogP contribution in [0.15, 0.2) is 77.1 Å². The zero-order valence-corrected chi connectivity index (χ0v) is 20.2. The van der Waals surface area contributed by atoms with Gasteiger partial charge in [-0.1, -0.05) is 65.8 Å². The third kappa shape index (κ3) is 4.35. The third-order valence-corrected chi connectivity index (χ3v) is 7.70. The molecule has 9 heteroatoms. The van der Waals surface area contributed by atoms with E-state index in [4.69, 9.17) is 23.8 Å². The average molecular weight is 510 g/mol. The molecule has 4 aromatic rings. The Labute approximate surface area is 208 Å². The van der Waals surface area contributed by atoms with E-state index in [9.17, 15) is 9.59 Å². The highest BCUT2D eigenvalue weighted by molar-refractivity contribution is 8.26. The summed E-state index contributed by atoms with van der Waals surface area (Å²) < 4.78 is 2.40. The maximum absolute atomic E-state index is 13.0. The molecule has 2 aromatic heterocycles. The summed E-state index contributed by atoms with van der Waals surface area (Å²) in [4.78, 5) is 26.4. The summed E-state index contributed by atoms with van der Waals surface area (Å²) in [7, 11) is 0. The molecule has 0 unspecified atom stereocenters. The molecule has 164 valence electrons. The number of thiophene rings is 1. The number of para-hydroxylation sites is 1. The minimum absolute atomic E-state index is 0.288. The highest BCUT2D eigenvalue weighted by Crippen LogP contribution is 2.34.